The Bertz CT molecular complexity index is 1570. The van der Waals surface area contributed by atoms with Crippen LogP contribution in [-0.4, -0.2) is 29.1 Å². The maximum Gasteiger partial charge on any atom is 0.191 e. The Morgan fingerprint density at radius 2 is 1.71 bits per heavy atom. The zero-order chi connectivity index (χ0) is 23.6. The summed E-state index contributed by atoms with van der Waals surface area (Å²) >= 11 is 5.12. The predicted octanol–water partition coefficient (Wildman–Crippen LogP) is 6.48. The minimum atomic E-state index is 0.716. The molecule has 0 bridgehead atoms. The summed E-state index contributed by atoms with van der Waals surface area (Å²) in [5.41, 5.74) is 5.48. The summed E-state index contributed by atoms with van der Waals surface area (Å²) < 4.78 is 6.57. The number of fused-ring (bicyclic) bond motifs is 2. The first-order valence-corrected chi connectivity index (χ1v) is 14.0. The van der Waals surface area contributed by atoms with Crippen molar-refractivity contribution < 1.29 is 0 Å². The molecule has 0 atom stereocenters. The predicted molar refractivity (Wildman–Crippen MR) is 144 cm³/mol. The van der Waals surface area contributed by atoms with Gasteiger partial charge in [-0.05, 0) is 36.2 Å². The molecule has 0 fully saturated rings. The van der Waals surface area contributed by atoms with E-state index < -0.39 is 0 Å². The molecule has 0 saturated carbocycles. The molecule has 0 aliphatic rings. The van der Waals surface area contributed by atoms with Crippen LogP contribution < -0.4 is 0 Å². The molecule has 0 aliphatic heterocycles. The van der Waals surface area contributed by atoms with Crippen molar-refractivity contribution in [1.29, 1.82) is 0 Å². The number of aromatic nitrogens is 6. The average molecular weight is 515 g/mol. The highest BCUT2D eigenvalue weighted by Crippen LogP contribution is 2.32. The van der Waals surface area contributed by atoms with Crippen LogP contribution in [-0.2, 0) is 18.1 Å². The first-order valence-electron chi connectivity index (χ1n) is 11.2. The van der Waals surface area contributed by atoms with Gasteiger partial charge in [0.05, 0.1) is 28.2 Å². The van der Waals surface area contributed by atoms with Crippen molar-refractivity contribution in [3.05, 3.63) is 102 Å². The Morgan fingerprint density at radius 3 is 2.57 bits per heavy atom. The molecular weight excluding hydrogens is 493 g/mol. The van der Waals surface area contributed by atoms with Gasteiger partial charge in [-0.2, -0.15) is 0 Å². The lowest BCUT2D eigenvalue weighted by Gasteiger charge is -2.09. The number of pyridine rings is 1. The van der Waals surface area contributed by atoms with E-state index in [1.54, 1.807) is 34.9 Å². The Kier molecular flexibility index (Phi) is 6.28. The van der Waals surface area contributed by atoms with Gasteiger partial charge >= 0.3 is 0 Å². The minimum Gasteiger partial charge on any atom is -0.307 e. The molecule has 0 aliphatic carbocycles. The Labute approximate surface area is 215 Å². The highest BCUT2D eigenvalue weighted by Gasteiger charge is 2.16. The molecular formula is C26H22N6S3. The highest BCUT2D eigenvalue weighted by atomic mass is 32.2. The standard InChI is InChI=1S/C26H22N6S3/c1-18-8-7-13-31-15-20(27-24(18)31)16-33-25-30-29-23(32(25)14-19-9-3-2-4-10-19)17-34-26-28-21-11-5-6-12-22(21)35-26/h2-13,15H,14,16-17H2,1H3. The topological polar surface area (TPSA) is 60.9 Å². The van der Waals surface area contributed by atoms with Gasteiger partial charge in [0.25, 0.3) is 0 Å². The van der Waals surface area contributed by atoms with E-state index in [-0.39, 0.29) is 0 Å². The summed E-state index contributed by atoms with van der Waals surface area (Å²) in [6.07, 6.45) is 4.13. The van der Waals surface area contributed by atoms with Crippen LogP contribution in [0.2, 0.25) is 0 Å². The van der Waals surface area contributed by atoms with Crippen molar-refractivity contribution in [2.75, 3.05) is 0 Å². The van der Waals surface area contributed by atoms with Gasteiger partial charge in [-0.15, -0.1) is 21.5 Å². The van der Waals surface area contributed by atoms with E-state index >= 15 is 0 Å². The van der Waals surface area contributed by atoms with Crippen molar-refractivity contribution in [1.82, 2.24) is 29.1 Å². The zero-order valence-electron chi connectivity index (χ0n) is 19.0. The van der Waals surface area contributed by atoms with E-state index in [9.17, 15) is 0 Å². The lowest BCUT2D eigenvalue weighted by atomic mass is 10.2. The fourth-order valence-corrected chi connectivity index (χ4v) is 6.76. The van der Waals surface area contributed by atoms with Gasteiger partial charge in [-0.3, -0.25) is 0 Å². The zero-order valence-corrected chi connectivity index (χ0v) is 21.5. The minimum absolute atomic E-state index is 0.716. The second-order valence-corrected chi connectivity index (χ2v) is 11.3. The quantitative estimate of drug-likeness (QED) is 0.217. The van der Waals surface area contributed by atoms with Gasteiger partial charge in [0, 0.05) is 18.1 Å². The maximum absolute atomic E-state index is 4.82. The van der Waals surface area contributed by atoms with Crippen molar-refractivity contribution >= 4 is 50.7 Å². The van der Waals surface area contributed by atoms with Gasteiger partial charge < -0.3 is 8.97 Å². The summed E-state index contributed by atoms with van der Waals surface area (Å²) in [4.78, 5) is 9.58. The van der Waals surface area contributed by atoms with Crippen LogP contribution in [0.1, 0.15) is 22.6 Å². The molecule has 0 unspecified atom stereocenters. The second-order valence-electron chi connectivity index (χ2n) is 8.15. The van der Waals surface area contributed by atoms with E-state index in [1.165, 1.54) is 15.8 Å². The summed E-state index contributed by atoms with van der Waals surface area (Å²) in [7, 11) is 0. The van der Waals surface area contributed by atoms with E-state index in [4.69, 9.17) is 9.97 Å². The normalized spacial score (nSPS) is 11.6. The third-order valence-corrected chi connectivity index (χ3v) is 8.83. The Balaban J connectivity index is 1.24. The molecule has 0 saturated heterocycles. The van der Waals surface area contributed by atoms with Crippen LogP contribution in [0.15, 0.2) is 88.6 Å². The highest BCUT2D eigenvalue weighted by molar-refractivity contribution is 8.00. The summed E-state index contributed by atoms with van der Waals surface area (Å²) in [5, 5.41) is 10.0. The van der Waals surface area contributed by atoms with Gasteiger partial charge in [-0.25, -0.2) is 9.97 Å². The van der Waals surface area contributed by atoms with Gasteiger partial charge in [0.2, 0.25) is 0 Å². The number of thiazole rings is 1. The molecule has 0 radical (unpaired) electrons. The fourth-order valence-electron chi connectivity index (χ4n) is 3.91. The number of benzene rings is 2. The number of nitrogens with zero attached hydrogens (tertiary/aromatic N) is 6. The monoisotopic (exact) mass is 514 g/mol. The third-order valence-electron chi connectivity index (χ3n) is 5.65. The molecule has 6 nitrogen and oxygen atoms in total. The largest absolute Gasteiger partial charge is 0.307 e. The number of hydrogen-bond acceptors (Lipinski definition) is 7. The van der Waals surface area contributed by atoms with Crippen molar-refractivity contribution in [2.45, 2.75) is 34.5 Å². The van der Waals surface area contributed by atoms with E-state index in [2.05, 4.69) is 80.8 Å². The van der Waals surface area contributed by atoms with Gasteiger partial charge in [-0.1, -0.05) is 72.1 Å². The van der Waals surface area contributed by atoms with E-state index in [0.29, 0.717) is 5.75 Å². The van der Waals surface area contributed by atoms with Crippen molar-refractivity contribution in [3.63, 3.8) is 0 Å². The molecule has 35 heavy (non-hydrogen) atoms. The number of imidazole rings is 1. The van der Waals surface area contributed by atoms with Gasteiger partial charge in [0.1, 0.15) is 11.5 Å². The first kappa shape index (κ1) is 22.3. The van der Waals surface area contributed by atoms with Crippen LogP contribution >= 0.6 is 34.9 Å². The number of hydrogen-bond donors (Lipinski definition) is 0. The molecule has 6 aromatic rings. The molecule has 6 rings (SSSR count). The van der Waals surface area contributed by atoms with Crippen LogP contribution in [0.4, 0.5) is 0 Å². The summed E-state index contributed by atoms with van der Waals surface area (Å²) in [6, 6.07) is 22.9. The number of aryl methyl sites for hydroxylation is 1. The molecule has 4 heterocycles. The van der Waals surface area contributed by atoms with Crippen molar-refractivity contribution in [3.8, 4) is 0 Å². The number of para-hydroxylation sites is 1. The molecule has 2 aromatic carbocycles. The number of rotatable bonds is 8. The molecule has 9 heteroatoms. The lowest BCUT2D eigenvalue weighted by molar-refractivity contribution is 0.685. The molecule has 0 N–H and O–H groups in total. The van der Waals surface area contributed by atoms with Crippen molar-refractivity contribution in [2.24, 2.45) is 0 Å². The van der Waals surface area contributed by atoms with Crippen LogP contribution in [0, 0.1) is 6.92 Å². The number of thioether (sulfide) groups is 2. The van der Waals surface area contributed by atoms with Crippen LogP contribution in [0.3, 0.4) is 0 Å². The Morgan fingerprint density at radius 1 is 0.857 bits per heavy atom. The summed E-state index contributed by atoms with van der Waals surface area (Å²) in [5.74, 6) is 2.40. The summed E-state index contributed by atoms with van der Waals surface area (Å²) in [6.45, 7) is 2.82. The third kappa shape index (κ3) is 4.84. The SMILES string of the molecule is Cc1cccn2cc(CSc3nnc(CSc4nc5ccccc5s4)n3Cc3ccccc3)nc12. The molecule has 174 valence electrons. The van der Waals surface area contributed by atoms with Crippen LogP contribution in [0.5, 0.6) is 0 Å². The molecule has 4 aromatic heterocycles. The molecule has 0 spiro atoms. The van der Waals surface area contributed by atoms with E-state index in [1.807, 2.05) is 24.4 Å². The van der Waals surface area contributed by atoms with Crippen LogP contribution in [0.25, 0.3) is 15.9 Å². The lowest BCUT2D eigenvalue weighted by Crippen LogP contribution is -2.06. The van der Waals surface area contributed by atoms with E-state index in [0.717, 1.165) is 44.5 Å². The average Bonchev–Trinajstić information content (AvgIpc) is 3.59. The molecule has 0 amide bonds. The fraction of sp³-hybridized carbons (Fsp3) is 0.154. The Hall–Kier alpha value is -3.14. The smallest absolute Gasteiger partial charge is 0.191 e. The van der Waals surface area contributed by atoms with Gasteiger partial charge in [0.15, 0.2) is 9.50 Å². The first-order chi connectivity index (χ1) is 17.2. The maximum atomic E-state index is 4.82. The second kappa shape index (κ2) is 9.85.